The van der Waals surface area contributed by atoms with Crippen LogP contribution in [0.25, 0.3) is 0 Å². The average molecular weight is 345 g/mol. The first-order chi connectivity index (χ1) is 8.70. The molecule has 2 aromatic rings. The number of rotatable bonds is 4. The van der Waals surface area contributed by atoms with Gasteiger partial charge < -0.3 is 4.74 Å². The van der Waals surface area contributed by atoms with E-state index in [1.807, 2.05) is 16.8 Å². The molecule has 0 fully saturated rings. The van der Waals surface area contributed by atoms with E-state index in [0.717, 1.165) is 9.35 Å². The van der Waals surface area contributed by atoms with Crippen LogP contribution in [0.2, 0.25) is 0 Å². The first kappa shape index (κ1) is 13.3. The highest BCUT2D eigenvalue weighted by atomic mass is 79.9. The Labute approximate surface area is 120 Å². The van der Waals surface area contributed by atoms with Crippen LogP contribution in [-0.2, 0) is 4.74 Å². The van der Waals surface area contributed by atoms with Gasteiger partial charge in [-0.05, 0) is 33.4 Å². The number of carbonyl (C=O) groups excluding carboxylic acids is 1. The molecule has 18 heavy (non-hydrogen) atoms. The number of ether oxygens (including phenoxy) is 1. The van der Waals surface area contributed by atoms with Gasteiger partial charge in [-0.3, -0.25) is 5.43 Å². The minimum atomic E-state index is -0.360. The summed E-state index contributed by atoms with van der Waals surface area (Å²) in [5.41, 5.74) is 3.49. The fraction of sp³-hybridized carbons (Fsp3) is 0.0909. The molecule has 2 rings (SSSR count). The molecule has 0 aliphatic heterocycles. The lowest BCUT2D eigenvalue weighted by Crippen LogP contribution is -2.01. The Morgan fingerprint density at radius 2 is 2.39 bits per heavy atom. The largest absolute Gasteiger partial charge is 0.465 e. The molecule has 0 aliphatic rings. The summed E-state index contributed by atoms with van der Waals surface area (Å²) in [4.78, 5) is 13.0. The average Bonchev–Trinajstić information content (AvgIpc) is 2.98. The molecule has 4 nitrogen and oxygen atoms in total. The monoisotopic (exact) mass is 344 g/mol. The molecule has 0 unspecified atom stereocenters. The zero-order valence-electron chi connectivity index (χ0n) is 9.34. The van der Waals surface area contributed by atoms with Crippen molar-refractivity contribution in [3.05, 3.63) is 37.1 Å². The van der Waals surface area contributed by atoms with Gasteiger partial charge in [0.1, 0.15) is 4.88 Å². The third kappa shape index (κ3) is 3.18. The van der Waals surface area contributed by atoms with Crippen LogP contribution in [0.1, 0.15) is 14.5 Å². The Morgan fingerprint density at radius 3 is 3.06 bits per heavy atom. The SMILES string of the molecule is COC(=O)c1sccc1NN=Cc1cc(Br)cs1. The number of thiophene rings is 2. The third-order valence-corrected chi connectivity index (χ3v) is 4.52. The second-order valence-corrected chi connectivity index (χ2v) is 5.97. The molecule has 2 heterocycles. The van der Waals surface area contributed by atoms with E-state index in [9.17, 15) is 4.79 Å². The molecule has 94 valence electrons. The van der Waals surface area contributed by atoms with Gasteiger partial charge in [0.2, 0.25) is 0 Å². The Morgan fingerprint density at radius 1 is 1.56 bits per heavy atom. The van der Waals surface area contributed by atoms with Crippen LogP contribution in [0.15, 0.2) is 32.5 Å². The summed E-state index contributed by atoms with van der Waals surface area (Å²) >= 11 is 6.26. The van der Waals surface area contributed by atoms with E-state index in [2.05, 4.69) is 31.2 Å². The fourth-order valence-electron chi connectivity index (χ4n) is 1.21. The number of carbonyl (C=O) groups is 1. The van der Waals surface area contributed by atoms with Gasteiger partial charge in [-0.15, -0.1) is 22.7 Å². The van der Waals surface area contributed by atoms with Crippen LogP contribution >= 0.6 is 38.6 Å². The summed E-state index contributed by atoms with van der Waals surface area (Å²) < 4.78 is 5.71. The lowest BCUT2D eigenvalue weighted by atomic mass is 10.4. The van der Waals surface area contributed by atoms with Crippen LogP contribution in [0.4, 0.5) is 5.69 Å². The lowest BCUT2D eigenvalue weighted by molar-refractivity contribution is 0.0607. The topological polar surface area (TPSA) is 50.7 Å². The highest BCUT2D eigenvalue weighted by molar-refractivity contribution is 9.10. The first-order valence-electron chi connectivity index (χ1n) is 4.89. The summed E-state index contributed by atoms with van der Waals surface area (Å²) in [6, 6.07) is 3.75. The van der Waals surface area contributed by atoms with Crippen molar-refractivity contribution in [1.29, 1.82) is 0 Å². The van der Waals surface area contributed by atoms with Crippen LogP contribution in [0.3, 0.4) is 0 Å². The quantitative estimate of drug-likeness (QED) is 0.521. The van der Waals surface area contributed by atoms with E-state index in [0.29, 0.717) is 10.6 Å². The van der Waals surface area contributed by atoms with Gasteiger partial charge in [-0.2, -0.15) is 5.10 Å². The van der Waals surface area contributed by atoms with Crippen molar-refractivity contribution < 1.29 is 9.53 Å². The zero-order valence-corrected chi connectivity index (χ0v) is 12.6. The molecule has 0 aliphatic carbocycles. The number of anilines is 1. The van der Waals surface area contributed by atoms with E-state index < -0.39 is 0 Å². The van der Waals surface area contributed by atoms with Crippen molar-refractivity contribution in [3.63, 3.8) is 0 Å². The Balaban J connectivity index is 2.04. The predicted molar refractivity (Wildman–Crippen MR) is 78.9 cm³/mol. The second-order valence-electron chi connectivity index (χ2n) is 3.19. The molecule has 0 bridgehead atoms. The van der Waals surface area contributed by atoms with Crippen molar-refractivity contribution in [1.82, 2.24) is 0 Å². The van der Waals surface area contributed by atoms with Gasteiger partial charge in [0.15, 0.2) is 0 Å². The van der Waals surface area contributed by atoms with E-state index in [1.54, 1.807) is 23.6 Å². The summed E-state index contributed by atoms with van der Waals surface area (Å²) in [7, 11) is 1.36. The van der Waals surface area contributed by atoms with Crippen molar-refractivity contribution in [2.75, 3.05) is 12.5 Å². The summed E-state index contributed by atoms with van der Waals surface area (Å²) in [5.74, 6) is -0.360. The molecule has 0 radical (unpaired) electrons. The standard InChI is InChI=1S/C11H9BrN2O2S2/c1-16-11(15)10-9(2-3-17-10)14-13-5-8-4-7(12)6-18-8/h2-6,14H,1H3. The highest BCUT2D eigenvalue weighted by Crippen LogP contribution is 2.23. The zero-order chi connectivity index (χ0) is 13.0. The van der Waals surface area contributed by atoms with Crippen molar-refractivity contribution >= 4 is 56.5 Å². The number of esters is 1. The third-order valence-electron chi connectivity index (χ3n) is 2.00. The Hall–Kier alpha value is -1.18. The van der Waals surface area contributed by atoms with E-state index in [1.165, 1.54) is 18.4 Å². The molecular weight excluding hydrogens is 336 g/mol. The molecular formula is C11H9BrN2O2S2. The summed E-state index contributed by atoms with van der Waals surface area (Å²) in [6.07, 6.45) is 1.70. The van der Waals surface area contributed by atoms with Crippen LogP contribution in [-0.4, -0.2) is 19.3 Å². The lowest BCUT2D eigenvalue weighted by Gasteiger charge is -2.00. The molecule has 0 saturated heterocycles. The highest BCUT2D eigenvalue weighted by Gasteiger charge is 2.12. The second kappa shape index (κ2) is 6.12. The minimum Gasteiger partial charge on any atom is -0.465 e. The summed E-state index contributed by atoms with van der Waals surface area (Å²) in [6.45, 7) is 0. The number of methoxy groups -OCH3 is 1. The number of hydrazone groups is 1. The van der Waals surface area contributed by atoms with Gasteiger partial charge in [-0.1, -0.05) is 0 Å². The van der Waals surface area contributed by atoms with Crippen LogP contribution in [0, 0.1) is 0 Å². The van der Waals surface area contributed by atoms with Gasteiger partial charge in [0.05, 0.1) is 19.0 Å². The number of halogens is 1. The molecule has 0 atom stereocenters. The maximum atomic E-state index is 11.4. The van der Waals surface area contributed by atoms with Crippen LogP contribution < -0.4 is 5.43 Å². The van der Waals surface area contributed by atoms with Crippen molar-refractivity contribution in [2.45, 2.75) is 0 Å². The molecule has 0 saturated carbocycles. The predicted octanol–water partition coefficient (Wildman–Crippen LogP) is 3.80. The van der Waals surface area contributed by atoms with E-state index in [4.69, 9.17) is 0 Å². The summed E-state index contributed by atoms with van der Waals surface area (Å²) in [5, 5.41) is 7.88. The van der Waals surface area contributed by atoms with Gasteiger partial charge >= 0.3 is 5.97 Å². The first-order valence-corrected chi connectivity index (χ1v) is 7.45. The fourth-order valence-corrected chi connectivity index (χ4v) is 3.27. The Kier molecular flexibility index (Phi) is 4.51. The molecule has 0 aromatic carbocycles. The van der Waals surface area contributed by atoms with Gasteiger partial charge in [0, 0.05) is 14.7 Å². The molecule has 0 amide bonds. The number of nitrogens with one attached hydrogen (secondary N) is 1. The van der Waals surface area contributed by atoms with E-state index >= 15 is 0 Å². The normalized spacial score (nSPS) is 10.8. The maximum Gasteiger partial charge on any atom is 0.350 e. The molecule has 1 N–H and O–H groups in total. The number of hydrogen-bond donors (Lipinski definition) is 1. The molecule has 2 aromatic heterocycles. The van der Waals surface area contributed by atoms with Gasteiger partial charge in [0.25, 0.3) is 0 Å². The number of nitrogens with zero attached hydrogens (tertiary/aromatic N) is 1. The minimum absolute atomic E-state index is 0.360. The molecule has 0 spiro atoms. The van der Waals surface area contributed by atoms with Crippen molar-refractivity contribution in [3.8, 4) is 0 Å². The Bertz CT molecular complexity index is 577. The molecule has 7 heteroatoms. The van der Waals surface area contributed by atoms with Crippen molar-refractivity contribution in [2.24, 2.45) is 5.10 Å². The smallest absolute Gasteiger partial charge is 0.350 e. The van der Waals surface area contributed by atoms with Gasteiger partial charge in [-0.25, -0.2) is 4.79 Å². The number of hydrogen-bond acceptors (Lipinski definition) is 6. The van der Waals surface area contributed by atoms with E-state index in [-0.39, 0.29) is 5.97 Å². The maximum absolute atomic E-state index is 11.4. The van der Waals surface area contributed by atoms with Crippen LogP contribution in [0.5, 0.6) is 0 Å².